The summed E-state index contributed by atoms with van der Waals surface area (Å²) in [6.45, 7) is 0. The minimum Gasteiger partial charge on any atom is -0.334 e. The van der Waals surface area contributed by atoms with Gasteiger partial charge in [0.05, 0.1) is 16.1 Å². The second kappa shape index (κ2) is 5.93. The van der Waals surface area contributed by atoms with Crippen LogP contribution in [0.25, 0.3) is 11.5 Å². The zero-order valence-corrected chi connectivity index (χ0v) is 13.3. The summed E-state index contributed by atoms with van der Waals surface area (Å²) in [5.41, 5.74) is 6.54. The minimum absolute atomic E-state index is 0. The molecule has 0 radical (unpaired) electrons. The van der Waals surface area contributed by atoms with Gasteiger partial charge in [0.1, 0.15) is 0 Å². The van der Waals surface area contributed by atoms with Gasteiger partial charge in [0.15, 0.2) is 5.82 Å². The third-order valence-corrected chi connectivity index (χ3v) is 4.58. The fourth-order valence-corrected chi connectivity index (χ4v) is 2.75. The zero-order chi connectivity index (χ0) is 13.5. The van der Waals surface area contributed by atoms with Crippen LogP contribution in [0.4, 0.5) is 0 Å². The van der Waals surface area contributed by atoms with Gasteiger partial charge in [-0.1, -0.05) is 16.8 Å². The van der Waals surface area contributed by atoms with Gasteiger partial charge in [-0.05, 0) is 43.7 Å². The molecule has 1 aliphatic carbocycles. The second-order valence-electron chi connectivity index (χ2n) is 4.78. The highest BCUT2D eigenvalue weighted by molar-refractivity contribution is 7.98. The lowest BCUT2D eigenvalue weighted by molar-refractivity contribution is 0.229. The van der Waals surface area contributed by atoms with Crippen LogP contribution in [-0.4, -0.2) is 16.4 Å². The Balaban J connectivity index is 0.00000147. The summed E-state index contributed by atoms with van der Waals surface area (Å²) < 4.78 is 5.32. The SMILES string of the molecule is CSc1ccc(Cl)c(-c2nc(C3(N)CCC3)no2)c1.Cl. The summed E-state index contributed by atoms with van der Waals surface area (Å²) in [7, 11) is 0. The standard InChI is InChI=1S/C13H14ClN3OS.ClH/c1-19-8-3-4-10(14)9(7-8)11-16-12(17-18-11)13(15)5-2-6-13;/h3-4,7H,2,5-6,15H2,1H3;1H. The predicted molar refractivity (Wildman–Crippen MR) is 83.5 cm³/mol. The van der Waals surface area contributed by atoms with Gasteiger partial charge < -0.3 is 10.3 Å². The van der Waals surface area contributed by atoms with Crippen LogP contribution in [0.2, 0.25) is 5.02 Å². The van der Waals surface area contributed by atoms with E-state index >= 15 is 0 Å². The molecule has 1 aromatic heterocycles. The molecule has 1 fully saturated rings. The van der Waals surface area contributed by atoms with Crippen molar-refractivity contribution < 1.29 is 4.52 Å². The largest absolute Gasteiger partial charge is 0.334 e. The number of nitrogens with two attached hydrogens (primary N) is 1. The average molecular weight is 332 g/mol. The monoisotopic (exact) mass is 331 g/mol. The number of aromatic nitrogens is 2. The Morgan fingerprint density at radius 1 is 1.40 bits per heavy atom. The summed E-state index contributed by atoms with van der Waals surface area (Å²) in [5.74, 6) is 1.02. The summed E-state index contributed by atoms with van der Waals surface area (Å²) in [5, 5.41) is 4.61. The molecular formula is C13H15Cl2N3OS. The van der Waals surface area contributed by atoms with Gasteiger partial charge in [-0.25, -0.2) is 0 Å². The van der Waals surface area contributed by atoms with Crippen molar-refractivity contribution in [2.75, 3.05) is 6.26 Å². The first-order valence-electron chi connectivity index (χ1n) is 6.09. The van der Waals surface area contributed by atoms with Gasteiger partial charge in [-0.3, -0.25) is 0 Å². The van der Waals surface area contributed by atoms with Crippen LogP contribution < -0.4 is 5.73 Å². The van der Waals surface area contributed by atoms with E-state index in [2.05, 4.69) is 10.1 Å². The molecular weight excluding hydrogens is 317 g/mol. The Morgan fingerprint density at radius 3 is 2.75 bits per heavy atom. The topological polar surface area (TPSA) is 64.9 Å². The smallest absolute Gasteiger partial charge is 0.259 e. The maximum absolute atomic E-state index is 6.19. The number of thioether (sulfide) groups is 1. The molecule has 0 atom stereocenters. The first-order chi connectivity index (χ1) is 9.12. The Kier molecular flexibility index (Phi) is 4.64. The van der Waals surface area contributed by atoms with E-state index in [4.69, 9.17) is 21.9 Å². The van der Waals surface area contributed by atoms with Crippen molar-refractivity contribution in [2.24, 2.45) is 5.73 Å². The molecule has 2 aromatic rings. The predicted octanol–water partition coefficient (Wildman–Crippen LogP) is 3.87. The molecule has 1 saturated carbocycles. The van der Waals surface area contributed by atoms with E-state index in [1.165, 1.54) is 0 Å². The maximum Gasteiger partial charge on any atom is 0.259 e. The van der Waals surface area contributed by atoms with Crippen LogP contribution in [0.5, 0.6) is 0 Å². The molecule has 0 amide bonds. The molecule has 7 heteroatoms. The molecule has 1 heterocycles. The first kappa shape index (κ1) is 15.6. The fraction of sp³-hybridized carbons (Fsp3) is 0.385. The Bertz CT molecular complexity index is 613. The van der Waals surface area contributed by atoms with Gasteiger partial charge in [-0.15, -0.1) is 24.2 Å². The average Bonchev–Trinajstić information content (AvgIpc) is 2.86. The molecule has 0 saturated heterocycles. The quantitative estimate of drug-likeness (QED) is 0.865. The lowest BCUT2D eigenvalue weighted by Gasteiger charge is -2.34. The number of hydrogen-bond donors (Lipinski definition) is 1. The Hall–Kier alpha value is -0.750. The van der Waals surface area contributed by atoms with Gasteiger partial charge in [-0.2, -0.15) is 4.98 Å². The third kappa shape index (κ3) is 2.68. The Morgan fingerprint density at radius 2 is 2.15 bits per heavy atom. The van der Waals surface area contributed by atoms with Crippen LogP contribution >= 0.6 is 35.8 Å². The molecule has 0 spiro atoms. The normalized spacial score (nSPS) is 16.4. The van der Waals surface area contributed by atoms with Crippen molar-refractivity contribution in [2.45, 2.75) is 29.7 Å². The van der Waals surface area contributed by atoms with Crippen molar-refractivity contribution in [3.63, 3.8) is 0 Å². The third-order valence-electron chi connectivity index (χ3n) is 3.52. The Labute approximate surface area is 132 Å². The lowest BCUT2D eigenvalue weighted by Crippen LogP contribution is -2.44. The summed E-state index contributed by atoms with van der Waals surface area (Å²) in [6.07, 6.45) is 4.94. The zero-order valence-electron chi connectivity index (χ0n) is 10.9. The maximum atomic E-state index is 6.19. The van der Waals surface area contributed by atoms with E-state index in [9.17, 15) is 0 Å². The molecule has 2 N–H and O–H groups in total. The molecule has 1 aliphatic rings. The van der Waals surface area contributed by atoms with E-state index in [1.54, 1.807) is 11.8 Å². The first-order valence-corrected chi connectivity index (χ1v) is 7.70. The van der Waals surface area contributed by atoms with E-state index in [-0.39, 0.29) is 12.4 Å². The van der Waals surface area contributed by atoms with Crippen LogP contribution in [0.3, 0.4) is 0 Å². The highest BCUT2D eigenvalue weighted by Crippen LogP contribution is 2.38. The fourth-order valence-electron chi connectivity index (χ4n) is 2.11. The number of nitrogens with zero attached hydrogens (tertiary/aromatic N) is 2. The number of benzene rings is 1. The van der Waals surface area contributed by atoms with Crippen molar-refractivity contribution in [3.8, 4) is 11.5 Å². The van der Waals surface area contributed by atoms with E-state index in [0.29, 0.717) is 16.7 Å². The molecule has 108 valence electrons. The van der Waals surface area contributed by atoms with Crippen LogP contribution in [0, 0.1) is 0 Å². The molecule has 0 aliphatic heterocycles. The second-order valence-corrected chi connectivity index (χ2v) is 6.07. The van der Waals surface area contributed by atoms with Gasteiger partial charge >= 0.3 is 0 Å². The molecule has 20 heavy (non-hydrogen) atoms. The lowest BCUT2D eigenvalue weighted by atomic mass is 9.77. The van der Waals surface area contributed by atoms with Gasteiger partial charge in [0, 0.05) is 4.90 Å². The molecule has 3 rings (SSSR count). The molecule has 4 nitrogen and oxygen atoms in total. The highest BCUT2D eigenvalue weighted by atomic mass is 35.5. The van der Waals surface area contributed by atoms with E-state index in [0.717, 1.165) is 29.7 Å². The minimum atomic E-state index is -0.411. The number of hydrogen-bond acceptors (Lipinski definition) is 5. The summed E-state index contributed by atoms with van der Waals surface area (Å²) >= 11 is 7.83. The molecule has 0 bridgehead atoms. The van der Waals surface area contributed by atoms with Crippen LogP contribution in [-0.2, 0) is 5.54 Å². The summed E-state index contributed by atoms with van der Waals surface area (Å²) in [4.78, 5) is 5.52. The van der Waals surface area contributed by atoms with Crippen molar-refractivity contribution in [1.29, 1.82) is 0 Å². The van der Waals surface area contributed by atoms with Crippen LogP contribution in [0.15, 0.2) is 27.6 Å². The van der Waals surface area contributed by atoms with Crippen molar-refractivity contribution >= 4 is 35.8 Å². The van der Waals surface area contributed by atoms with E-state index in [1.807, 2.05) is 24.5 Å². The van der Waals surface area contributed by atoms with E-state index < -0.39 is 5.54 Å². The number of halogens is 2. The highest BCUT2D eigenvalue weighted by Gasteiger charge is 2.39. The van der Waals surface area contributed by atoms with Crippen molar-refractivity contribution in [3.05, 3.63) is 29.0 Å². The van der Waals surface area contributed by atoms with Crippen molar-refractivity contribution in [1.82, 2.24) is 10.1 Å². The number of rotatable bonds is 3. The molecule has 1 aromatic carbocycles. The molecule has 0 unspecified atom stereocenters. The van der Waals surface area contributed by atoms with Crippen LogP contribution in [0.1, 0.15) is 25.1 Å². The van der Waals surface area contributed by atoms with Gasteiger partial charge in [0.25, 0.3) is 5.89 Å². The van der Waals surface area contributed by atoms with Gasteiger partial charge in [0.2, 0.25) is 0 Å². The summed E-state index contributed by atoms with van der Waals surface area (Å²) in [6, 6.07) is 5.76.